The zero-order valence-electron chi connectivity index (χ0n) is 14.8. The number of hydrogen-bond donors (Lipinski definition) is 0. The topological polar surface area (TPSA) is 3.24 Å². The summed E-state index contributed by atoms with van der Waals surface area (Å²) < 4.78 is 0.766. The Morgan fingerprint density at radius 2 is 1.33 bits per heavy atom. The second kappa shape index (κ2) is 7.06. The predicted molar refractivity (Wildman–Crippen MR) is 104 cm³/mol. The van der Waals surface area contributed by atoms with Gasteiger partial charge in [-0.1, -0.05) is 50.2 Å². The first-order valence-corrected chi connectivity index (χ1v) is 8.77. The standard InChI is InChI=1S/C22H27N2/c1-19(2)18-20(3)24(22-12-8-5-9-13-22)16-14-23(15-17-24)21-10-6-4-7-11-21/h4-17,19-20H,18H2,1-3H3/q+1. The fourth-order valence-electron chi connectivity index (χ4n) is 3.50. The van der Waals surface area contributed by atoms with Gasteiger partial charge in [0.05, 0.1) is 18.4 Å². The van der Waals surface area contributed by atoms with E-state index in [1.54, 1.807) is 0 Å². The first-order valence-electron chi connectivity index (χ1n) is 8.77. The van der Waals surface area contributed by atoms with Crippen LogP contribution in [0.4, 0.5) is 11.4 Å². The summed E-state index contributed by atoms with van der Waals surface area (Å²) in [5, 5.41) is 0. The normalized spacial score (nSPS) is 17.2. The lowest BCUT2D eigenvalue weighted by Gasteiger charge is -2.39. The molecule has 1 heterocycles. The predicted octanol–water partition coefficient (Wildman–Crippen LogP) is 5.89. The molecule has 0 saturated carbocycles. The molecule has 1 unspecified atom stereocenters. The smallest absolute Gasteiger partial charge is 0.142 e. The molecule has 124 valence electrons. The molecule has 0 radical (unpaired) electrons. The summed E-state index contributed by atoms with van der Waals surface area (Å²) in [5.74, 6) is 0.674. The summed E-state index contributed by atoms with van der Waals surface area (Å²) >= 11 is 0. The first kappa shape index (κ1) is 16.5. The molecule has 0 bridgehead atoms. The Kier molecular flexibility index (Phi) is 4.86. The lowest BCUT2D eigenvalue weighted by atomic mass is 10.0. The number of nitrogens with zero attached hydrogens (tertiary/aromatic N) is 2. The van der Waals surface area contributed by atoms with Crippen molar-refractivity contribution in [2.45, 2.75) is 33.2 Å². The Bertz CT molecular complexity index is 687. The molecule has 0 aliphatic carbocycles. The van der Waals surface area contributed by atoms with Crippen molar-refractivity contribution in [3.8, 4) is 0 Å². The van der Waals surface area contributed by atoms with Crippen LogP contribution in [0, 0.1) is 5.92 Å². The Labute approximate surface area is 145 Å². The van der Waals surface area contributed by atoms with E-state index in [1.165, 1.54) is 17.8 Å². The lowest BCUT2D eigenvalue weighted by Crippen LogP contribution is -2.48. The fourth-order valence-corrected chi connectivity index (χ4v) is 3.50. The van der Waals surface area contributed by atoms with Crippen molar-refractivity contribution in [3.63, 3.8) is 0 Å². The van der Waals surface area contributed by atoms with Crippen LogP contribution >= 0.6 is 0 Å². The maximum Gasteiger partial charge on any atom is 0.142 e. The van der Waals surface area contributed by atoms with E-state index in [9.17, 15) is 0 Å². The van der Waals surface area contributed by atoms with Gasteiger partial charge in [-0.25, -0.2) is 4.48 Å². The zero-order chi connectivity index (χ0) is 17.0. The van der Waals surface area contributed by atoms with Crippen molar-refractivity contribution in [2.75, 3.05) is 4.90 Å². The van der Waals surface area contributed by atoms with Crippen LogP contribution in [0.1, 0.15) is 27.2 Å². The highest BCUT2D eigenvalue weighted by molar-refractivity contribution is 5.57. The van der Waals surface area contributed by atoms with Crippen LogP contribution in [0.25, 0.3) is 0 Å². The van der Waals surface area contributed by atoms with Crippen molar-refractivity contribution < 1.29 is 0 Å². The molecule has 2 nitrogen and oxygen atoms in total. The molecule has 2 aromatic rings. The van der Waals surface area contributed by atoms with Crippen molar-refractivity contribution >= 4 is 11.4 Å². The zero-order valence-corrected chi connectivity index (χ0v) is 14.8. The average molecular weight is 319 g/mol. The van der Waals surface area contributed by atoms with Crippen LogP contribution in [0.15, 0.2) is 85.5 Å². The minimum atomic E-state index is 0.484. The summed E-state index contributed by atoms with van der Waals surface area (Å²) in [6.07, 6.45) is 10.2. The van der Waals surface area contributed by atoms with Crippen LogP contribution < -0.4 is 9.38 Å². The summed E-state index contributed by atoms with van der Waals surface area (Å²) in [6, 6.07) is 21.7. The third-order valence-corrected chi connectivity index (χ3v) is 4.75. The number of rotatable bonds is 5. The lowest BCUT2D eigenvalue weighted by molar-refractivity contribution is 0.324. The van der Waals surface area contributed by atoms with Gasteiger partial charge >= 0.3 is 0 Å². The molecule has 1 aliphatic heterocycles. The third kappa shape index (κ3) is 3.29. The Morgan fingerprint density at radius 1 is 0.792 bits per heavy atom. The van der Waals surface area contributed by atoms with Gasteiger partial charge in [-0.3, -0.25) is 0 Å². The van der Waals surface area contributed by atoms with Gasteiger partial charge in [0.1, 0.15) is 18.1 Å². The van der Waals surface area contributed by atoms with Crippen molar-refractivity contribution in [1.29, 1.82) is 0 Å². The molecule has 0 amide bonds. The highest BCUT2D eigenvalue weighted by Crippen LogP contribution is 2.34. The van der Waals surface area contributed by atoms with Crippen LogP contribution in [0.3, 0.4) is 0 Å². The van der Waals surface area contributed by atoms with E-state index < -0.39 is 0 Å². The number of benzene rings is 2. The molecule has 0 fully saturated rings. The molecule has 2 aromatic carbocycles. The van der Waals surface area contributed by atoms with Crippen LogP contribution in [-0.4, -0.2) is 6.04 Å². The Balaban J connectivity index is 1.95. The highest BCUT2D eigenvalue weighted by atomic mass is 15.4. The Morgan fingerprint density at radius 3 is 1.88 bits per heavy atom. The molecule has 0 spiro atoms. The molecule has 3 rings (SSSR count). The SMILES string of the molecule is CC(C)CC(C)[N+]1(c2ccccc2)C=CN(c2ccccc2)C=C1. The quantitative estimate of drug-likeness (QED) is 0.621. The van der Waals surface area contributed by atoms with Gasteiger partial charge in [-0.15, -0.1) is 0 Å². The summed E-state index contributed by atoms with van der Waals surface area (Å²) in [4.78, 5) is 2.18. The summed E-state index contributed by atoms with van der Waals surface area (Å²) in [5.41, 5.74) is 2.50. The van der Waals surface area contributed by atoms with Gasteiger partial charge in [-0.05, 0) is 37.1 Å². The Hall–Kier alpha value is -2.32. The van der Waals surface area contributed by atoms with E-state index in [-0.39, 0.29) is 0 Å². The first-order chi connectivity index (χ1) is 11.6. The molecule has 0 saturated heterocycles. The van der Waals surface area contributed by atoms with Crippen LogP contribution in [0.2, 0.25) is 0 Å². The second-order valence-corrected chi connectivity index (χ2v) is 6.99. The number of para-hydroxylation sites is 2. The maximum atomic E-state index is 2.35. The minimum Gasteiger partial charge on any atom is -0.313 e. The van der Waals surface area contributed by atoms with E-state index >= 15 is 0 Å². The van der Waals surface area contributed by atoms with Crippen LogP contribution in [-0.2, 0) is 0 Å². The van der Waals surface area contributed by atoms with Gasteiger partial charge in [0, 0.05) is 12.1 Å². The maximum absolute atomic E-state index is 2.35. The van der Waals surface area contributed by atoms with Gasteiger partial charge in [0.25, 0.3) is 0 Å². The van der Waals surface area contributed by atoms with Crippen molar-refractivity contribution in [1.82, 2.24) is 4.48 Å². The fraction of sp³-hybridized carbons (Fsp3) is 0.273. The molecule has 24 heavy (non-hydrogen) atoms. The molecular formula is C22H27N2+. The minimum absolute atomic E-state index is 0.484. The average Bonchev–Trinajstić information content (AvgIpc) is 2.63. The van der Waals surface area contributed by atoms with E-state index in [0.717, 1.165) is 4.48 Å². The third-order valence-electron chi connectivity index (χ3n) is 4.75. The molecule has 1 aliphatic rings. The molecular weight excluding hydrogens is 292 g/mol. The van der Waals surface area contributed by atoms with Crippen LogP contribution in [0.5, 0.6) is 0 Å². The van der Waals surface area contributed by atoms with E-state index in [2.05, 4.69) is 111 Å². The molecule has 0 aromatic heterocycles. The van der Waals surface area contributed by atoms with Gasteiger partial charge in [-0.2, -0.15) is 0 Å². The van der Waals surface area contributed by atoms with Gasteiger partial charge in [0.15, 0.2) is 0 Å². The van der Waals surface area contributed by atoms with E-state index in [4.69, 9.17) is 0 Å². The van der Waals surface area contributed by atoms with Gasteiger partial charge in [0.2, 0.25) is 0 Å². The monoisotopic (exact) mass is 319 g/mol. The largest absolute Gasteiger partial charge is 0.313 e. The van der Waals surface area contributed by atoms with Crippen molar-refractivity contribution in [3.05, 3.63) is 85.5 Å². The molecule has 1 atom stereocenters. The second-order valence-electron chi connectivity index (χ2n) is 6.99. The summed E-state index contributed by atoms with van der Waals surface area (Å²) in [7, 11) is 0. The van der Waals surface area contributed by atoms with Gasteiger partial charge < -0.3 is 4.90 Å². The van der Waals surface area contributed by atoms with Crippen molar-refractivity contribution in [2.24, 2.45) is 5.92 Å². The molecule has 0 N–H and O–H groups in total. The number of quaternary nitrogens is 1. The van der Waals surface area contributed by atoms with E-state index in [0.29, 0.717) is 12.0 Å². The summed E-state index contributed by atoms with van der Waals surface area (Å²) in [6.45, 7) is 6.94. The molecule has 2 heteroatoms. The number of hydrogen-bond acceptors (Lipinski definition) is 1. The number of anilines is 1. The van der Waals surface area contributed by atoms with E-state index in [1.807, 2.05) is 0 Å². The highest BCUT2D eigenvalue weighted by Gasteiger charge is 2.35.